The summed E-state index contributed by atoms with van der Waals surface area (Å²) in [5.41, 5.74) is -1.23. The Labute approximate surface area is 116 Å². The van der Waals surface area contributed by atoms with Gasteiger partial charge in [0.25, 0.3) is 0 Å². The quantitative estimate of drug-likeness (QED) is 0.823. The predicted octanol–water partition coefficient (Wildman–Crippen LogP) is 2.60. The van der Waals surface area contributed by atoms with E-state index in [4.69, 9.17) is 0 Å². The Morgan fingerprint density at radius 3 is 2.62 bits per heavy atom. The van der Waals surface area contributed by atoms with E-state index in [0.29, 0.717) is 25.0 Å². The Morgan fingerprint density at radius 1 is 1.24 bits per heavy atom. The SMILES string of the molecule is O=c1cc(-n2nc(C(F)(F)F)c3c2CCCC3)[nH]cc1F. The molecule has 8 heteroatoms. The molecule has 1 aliphatic carbocycles. The molecule has 21 heavy (non-hydrogen) atoms. The summed E-state index contributed by atoms with van der Waals surface area (Å²) in [5, 5.41) is 3.60. The van der Waals surface area contributed by atoms with Gasteiger partial charge >= 0.3 is 6.18 Å². The molecule has 0 aliphatic heterocycles. The van der Waals surface area contributed by atoms with Gasteiger partial charge in [0.2, 0.25) is 5.43 Å². The lowest BCUT2D eigenvalue weighted by Gasteiger charge is -2.14. The van der Waals surface area contributed by atoms with E-state index < -0.39 is 23.1 Å². The molecule has 0 radical (unpaired) electrons. The van der Waals surface area contributed by atoms with Crippen molar-refractivity contribution in [1.29, 1.82) is 0 Å². The molecule has 0 saturated heterocycles. The topological polar surface area (TPSA) is 50.7 Å². The van der Waals surface area contributed by atoms with Crippen molar-refractivity contribution in [1.82, 2.24) is 14.8 Å². The number of fused-ring (bicyclic) bond motifs is 1. The zero-order chi connectivity index (χ0) is 15.2. The van der Waals surface area contributed by atoms with Crippen LogP contribution in [0.5, 0.6) is 0 Å². The van der Waals surface area contributed by atoms with Gasteiger partial charge in [0, 0.05) is 23.5 Å². The van der Waals surface area contributed by atoms with Crippen molar-refractivity contribution in [3.8, 4) is 5.82 Å². The highest BCUT2D eigenvalue weighted by Crippen LogP contribution is 2.36. The predicted molar refractivity (Wildman–Crippen MR) is 65.8 cm³/mol. The molecule has 0 amide bonds. The van der Waals surface area contributed by atoms with E-state index in [0.717, 1.165) is 23.4 Å². The van der Waals surface area contributed by atoms with Gasteiger partial charge in [-0.25, -0.2) is 9.07 Å². The van der Waals surface area contributed by atoms with Gasteiger partial charge < -0.3 is 4.98 Å². The number of rotatable bonds is 1. The Kier molecular flexibility index (Phi) is 3.11. The lowest BCUT2D eigenvalue weighted by molar-refractivity contribution is -0.142. The maximum Gasteiger partial charge on any atom is 0.435 e. The van der Waals surface area contributed by atoms with Crippen molar-refractivity contribution in [2.45, 2.75) is 31.9 Å². The fourth-order valence-electron chi connectivity index (χ4n) is 2.59. The van der Waals surface area contributed by atoms with Crippen LogP contribution in [0, 0.1) is 5.82 Å². The molecule has 2 aromatic rings. The molecule has 0 bridgehead atoms. The van der Waals surface area contributed by atoms with Crippen molar-refractivity contribution in [2.75, 3.05) is 0 Å². The third-order valence-electron chi connectivity index (χ3n) is 3.53. The molecule has 0 aromatic carbocycles. The second-order valence-electron chi connectivity index (χ2n) is 4.92. The van der Waals surface area contributed by atoms with Crippen molar-refractivity contribution in [3.05, 3.63) is 45.3 Å². The van der Waals surface area contributed by atoms with E-state index in [1.54, 1.807) is 0 Å². The van der Waals surface area contributed by atoms with Crippen molar-refractivity contribution >= 4 is 0 Å². The van der Waals surface area contributed by atoms with Gasteiger partial charge in [0.15, 0.2) is 11.5 Å². The summed E-state index contributed by atoms with van der Waals surface area (Å²) in [4.78, 5) is 13.8. The zero-order valence-electron chi connectivity index (χ0n) is 10.8. The lowest BCUT2D eigenvalue weighted by Crippen LogP contribution is -2.13. The van der Waals surface area contributed by atoms with Gasteiger partial charge in [0.05, 0.1) is 0 Å². The molecule has 1 N–H and O–H groups in total. The Hall–Kier alpha value is -2.12. The summed E-state index contributed by atoms with van der Waals surface area (Å²) >= 11 is 0. The minimum absolute atomic E-state index is 0.0371. The largest absolute Gasteiger partial charge is 0.435 e. The average Bonchev–Trinajstić information content (AvgIpc) is 2.81. The first-order chi connectivity index (χ1) is 9.88. The summed E-state index contributed by atoms with van der Waals surface area (Å²) < 4.78 is 53.2. The van der Waals surface area contributed by atoms with Crippen LogP contribution in [0.25, 0.3) is 5.82 Å². The third kappa shape index (κ3) is 2.34. The maximum absolute atomic E-state index is 13.0. The van der Waals surface area contributed by atoms with Crippen LogP contribution in [0.1, 0.15) is 29.8 Å². The Bertz CT molecular complexity index is 745. The van der Waals surface area contributed by atoms with E-state index in [-0.39, 0.29) is 11.4 Å². The summed E-state index contributed by atoms with van der Waals surface area (Å²) in [6, 6.07) is 0.914. The van der Waals surface area contributed by atoms with Gasteiger partial charge in [-0.3, -0.25) is 4.79 Å². The van der Waals surface area contributed by atoms with Gasteiger partial charge in [-0.2, -0.15) is 18.3 Å². The molecule has 0 atom stereocenters. The van der Waals surface area contributed by atoms with Crippen LogP contribution in [0.3, 0.4) is 0 Å². The molecular weight excluding hydrogens is 290 g/mol. The highest BCUT2D eigenvalue weighted by Gasteiger charge is 2.39. The van der Waals surface area contributed by atoms with Crippen LogP contribution >= 0.6 is 0 Å². The Balaban J connectivity index is 2.21. The smallest absolute Gasteiger partial charge is 0.344 e. The minimum Gasteiger partial charge on any atom is -0.344 e. The summed E-state index contributed by atoms with van der Waals surface area (Å²) in [7, 11) is 0. The zero-order valence-corrected chi connectivity index (χ0v) is 10.8. The van der Waals surface area contributed by atoms with E-state index >= 15 is 0 Å². The molecule has 0 spiro atoms. The number of nitrogens with zero attached hydrogens (tertiary/aromatic N) is 2. The number of hydrogen-bond donors (Lipinski definition) is 1. The molecule has 1 aliphatic rings. The number of H-pyrrole nitrogens is 1. The normalized spacial score (nSPS) is 15.0. The van der Waals surface area contributed by atoms with Gasteiger partial charge in [-0.1, -0.05) is 0 Å². The van der Waals surface area contributed by atoms with Crippen molar-refractivity contribution in [2.24, 2.45) is 0 Å². The van der Waals surface area contributed by atoms with Crippen LogP contribution in [-0.2, 0) is 19.0 Å². The Morgan fingerprint density at radius 2 is 1.95 bits per heavy atom. The van der Waals surface area contributed by atoms with Crippen LogP contribution in [0.4, 0.5) is 17.6 Å². The first kappa shape index (κ1) is 13.8. The molecule has 112 valence electrons. The summed E-state index contributed by atoms with van der Waals surface area (Å²) in [6.07, 6.45) is -1.56. The number of aromatic amines is 1. The standard InChI is InChI=1S/C13H11F4N3O/c14-8-6-18-11(5-10(8)21)20-9-4-2-1-3-7(9)12(19-20)13(15,16)17/h5-6H,1-4H2,(H,18,21). The van der Waals surface area contributed by atoms with Gasteiger partial charge in [-0.05, 0) is 25.7 Å². The molecule has 0 unspecified atom stereocenters. The minimum atomic E-state index is -4.55. The molecule has 2 heterocycles. The van der Waals surface area contributed by atoms with Crippen LogP contribution < -0.4 is 5.43 Å². The number of halogens is 4. The number of aromatic nitrogens is 3. The monoisotopic (exact) mass is 301 g/mol. The van der Waals surface area contributed by atoms with Crippen molar-refractivity contribution in [3.63, 3.8) is 0 Å². The first-order valence-corrected chi connectivity index (χ1v) is 6.44. The van der Waals surface area contributed by atoms with Crippen LogP contribution in [0.2, 0.25) is 0 Å². The highest BCUT2D eigenvalue weighted by molar-refractivity contribution is 5.36. The second kappa shape index (κ2) is 4.71. The van der Waals surface area contributed by atoms with Gasteiger partial charge in [-0.15, -0.1) is 0 Å². The fourth-order valence-corrected chi connectivity index (χ4v) is 2.59. The number of nitrogens with one attached hydrogen (secondary N) is 1. The molecular formula is C13H11F4N3O. The number of hydrogen-bond acceptors (Lipinski definition) is 2. The number of pyridine rings is 1. The molecule has 0 saturated carbocycles. The van der Waals surface area contributed by atoms with E-state index in [1.807, 2.05) is 0 Å². The van der Waals surface area contributed by atoms with Crippen LogP contribution in [-0.4, -0.2) is 14.8 Å². The first-order valence-electron chi connectivity index (χ1n) is 6.44. The molecule has 2 aromatic heterocycles. The lowest BCUT2D eigenvalue weighted by atomic mass is 9.95. The van der Waals surface area contributed by atoms with Crippen LogP contribution in [0.15, 0.2) is 17.1 Å². The van der Waals surface area contributed by atoms with Gasteiger partial charge in [0.1, 0.15) is 5.82 Å². The molecule has 3 rings (SSSR count). The van der Waals surface area contributed by atoms with E-state index in [1.165, 1.54) is 0 Å². The second-order valence-corrected chi connectivity index (χ2v) is 4.92. The highest BCUT2D eigenvalue weighted by atomic mass is 19.4. The molecule has 0 fully saturated rings. The third-order valence-corrected chi connectivity index (χ3v) is 3.53. The summed E-state index contributed by atoms with van der Waals surface area (Å²) in [6.45, 7) is 0. The number of alkyl halides is 3. The van der Waals surface area contributed by atoms with E-state index in [9.17, 15) is 22.4 Å². The molecule has 4 nitrogen and oxygen atoms in total. The fraction of sp³-hybridized carbons (Fsp3) is 0.385. The maximum atomic E-state index is 13.0. The summed E-state index contributed by atoms with van der Waals surface area (Å²) in [5.74, 6) is -0.953. The average molecular weight is 301 g/mol. The van der Waals surface area contributed by atoms with E-state index in [2.05, 4.69) is 10.1 Å². The van der Waals surface area contributed by atoms with Crippen molar-refractivity contribution < 1.29 is 17.6 Å².